The molecule has 0 radical (unpaired) electrons. The van der Waals surface area contributed by atoms with Crippen LogP contribution in [0, 0.1) is 0 Å². The molecule has 17 heavy (non-hydrogen) atoms. The Morgan fingerprint density at radius 2 is 1.88 bits per heavy atom. The maximum absolute atomic E-state index is 5.92. The third kappa shape index (κ3) is 3.05. The van der Waals surface area contributed by atoms with Gasteiger partial charge in [-0.15, -0.1) is 10.2 Å². The third-order valence-electron chi connectivity index (χ3n) is 2.30. The number of pyridine rings is 1. The molecule has 0 fully saturated rings. The zero-order valence-corrected chi connectivity index (χ0v) is 10.6. The first-order chi connectivity index (χ1) is 8.16. The molecule has 0 saturated carbocycles. The number of rotatable bonds is 3. The summed E-state index contributed by atoms with van der Waals surface area (Å²) in [6.07, 6.45) is 3.49. The summed E-state index contributed by atoms with van der Waals surface area (Å²) in [4.78, 5) is 3.97. The Hall–Kier alpha value is -1.39. The second-order valence-corrected chi connectivity index (χ2v) is 4.26. The fourth-order valence-corrected chi connectivity index (χ4v) is 1.72. The van der Waals surface area contributed by atoms with Crippen molar-refractivity contribution in [3.63, 3.8) is 0 Å². The topological polar surface area (TPSA) is 50.7 Å². The Morgan fingerprint density at radius 3 is 2.59 bits per heavy atom. The highest BCUT2D eigenvalue weighted by Gasteiger charge is 2.09. The summed E-state index contributed by atoms with van der Waals surface area (Å²) in [5, 5.41) is 11.2. The van der Waals surface area contributed by atoms with E-state index in [1.807, 2.05) is 19.1 Å². The highest BCUT2D eigenvalue weighted by molar-refractivity contribution is 6.33. The lowest BCUT2D eigenvalue weighted by atomic mass is 10.1. The lowest BCUT2D eigenvalue weighted by Crippen LogP contribution is -2.07. The van der Waals surface area contributed by atoms with Crippen LogP contribution in [0.25, 0.3) is 0 Å². The summed E-state index contributed by atoms with van der Waals surface area (Å²) in [5.74, 6) is 0. The van der Waals surface area contributed by atoms with Crippen molar-refractivity contribution in [2.24, 2.45) is 0 Å². The van der Waals surface area contributed by atoms with E-state index >= 15 is 0 Å². The van der Waals surface area contributed by atoms with Crippen LogP contribution in [0.5, 0.6) is 0 Å². The molecule has 1 N–H and O–H groups in total. The Bertz CT molecular complexity index is 504. The van der Waals surface area contributed by atoms with E-state index in [4.69, 9.17) is 23.2 Å². The van der Waals surface area contributed by atoms with Gasteiger partial charge in [-0.1, -0.05) is 23.2 Å². The number of hydrogen-bond donors (Lipinski definition) is 1. The summed E-state index contributed by atoms with van der Waals surface area (Å²) in [7, 11) is 0. The molecule has 0 aliphatic rings. The van der Waals surface area contributed by atoms with Crippen LogP contribution in [0.1, 0.15) is 18.5 Å². The minimum Gasteiger partial charge on any atom is -0.376 e. The maximum atomic E-state index is 5.92. The van der Waals surface area contributed by atoms with Crippen molar-refractivity contribution in [3.8, 4) is 0 Å². The molecule has 88 valence electrons. The van der Waals surface area contributed by atoms with Crippen molar-refractivity contribution in [3.05, 3.63) is 46.5 Å². The second-order valence-electron chi connectivity index (χ2n) is 3.52. The van der Waals surface area contributed by atoms with E-state index in [9.17, 15) is 0 Å². The number of hydrogen-bond acceptors (Lipinski definition) is 4. The molecule has 0 aromatic carbocycles. The molecule has 2 aromatic rings. The predicted molar refractivity (Wildman–Crippen MR) is 68.3 cm³/mol. The lowest BCUT2D eigenvalue weighted by Gasteiger charge is -2.15. The van der Waals surface area contributed by atoms with Crippen molar-refractivity contribution < 1.29 is 0 Å². The van der Waals surface area contributed by atoms with Gasteiger partial charge in [0.2, 0.25) is 0 Å². The van der Waals surface area contributed by atoms with Gasteiger partial charge >= 0.3 is 0 Å². The third-order valence-corrected chi connectivity index (χ3v) is 2.76. The molecular formula is C11H10Cl2N4. The van der Waals surface area contributed by atoms with E-state index in [0.29, 0.717) is 16.0 Å². The molecule has 4 nitrogen and oxygen atoms in total. The smallest absolute Gasteiger partial charge is 0.174 e. The second kappa shape index (κ2) is 5.29. The number of anilines is 1. The SMILES string of the molecule is CC(Nc1cc(Cl)nnc1Cl)c1ccncc1. The molecule has 2 rings (SSSR count). The van der Waals surface area contributed by atoms with Gasteiger partial charge in [-0.25, -0.2) is 0 Å². The van der Waals surface area contributed by atoms with E-state index in [1.165, 1.54) is 0 Å². The largest absolute Gasteiger partial charge is 0.376 e. The van der Waals surface area contributed by atoms with Crippen LogP contribution in [0.4, 0.5) is 5.69 Å². The van der Waals surface area contributed by atoms with Crippen molar-refractivity contribution >= 4 is 28.9 Å². The molecule has 0 aliphatic carbocycles. The van der Waals surface area contributed by atoms with Gasteiger partial charge in [-0.05, 0) is 24.6 Å². The van der Waals surface area contributed by atoms with Gasteiger partial charge in [0.1, 0.15) is 0 Å². The van der Waals surface area contributed by atoms with E-state index in [-0.39, 0.29) is 6.04 Å². The Balaban J connectivity index is 2.18. The molecule has 6 heteroatoms. The Morgan fingerprint density at radius 1 is 1.18 bits per heavy atom. The van der Waals surface area contributed by atoms with Crippen LogP contribution in [-0.2, 0) is 0 Å². The van der Waals surface area contributed by atoms with Crippen LogP contribution in [0.15, 0.2) is 30.6 Å². The Labute approximate surface area is 109 Å². The van der Waals surface area contributed by atoms with Gasteiger partial charge in [0, 0.05) is 24.5 Å². The van der Waals surface area contributed by atoms with Crippen molar-refractivity contribution in [2.45, 2.75) is 13.0 Å². The van der Waals surface area contributed by atoms with Crippen molar-refractivity contribution in [1.29, 1.82) is 0 Å². The van der Waals surface area contributed by atoms with Crippen LogP contribution in [0.3, 0.4) is 0 Å². The predicted octanol–water partition coefficient (Wildman–Crippen LogP) is 3.35. The zero-order valence-electron chi connectivity index (χ0n) is 9.06. The lowest BCUT2D eigenvalue weighted by molar-refractivity contribution is 0.874. The summed E-state index contributed by atoms with van der Waals surface area (Å²) in [6, 6.07) is 5.59. The first-order valence-corrected chi connectivity index (χ1v) is 5.77. The average molecular weight is 269 g/mol. The van der Waals surface area contributed by atoms with Crippen LogP contribution >= 0.6 is 23.2 Å². The van der Waals surface area contributed by atoms with Crippen molar-refractivity contribution in [2.75, 3.05) is 5.32 Å². The van der Waals surface area contributed by atoms with Gasteiger partial charge in [-0.3, -0.25) is 4.98 Å². The van der Waals surface area contributed by atoms with Gasteiger partial charge < -0.3 is 5.32 Å². The summed E-state index contributed by atoms with van der Waals surface area (Å²) >= 11 is 11.7. The van der Waals surface area contributed by atoms with Gasteiger partial charge in [-0.2, -0.15) is 0 Å². The minimum atomic E-state index is 0.0794. The molecule has 0 saturated heterocycles. The molecule has 2 heterocycles. The zero-order chi connectivity index (χ0) is 12.3. The molecule has 0 amide bonds. The molecule has 0 bridgehead atoms. The first kappa shape index (κ1) is 12.1. The quantitative estimate of drug-likeness (QED) is 0.928. The van der Waals surface area contributed by atoms with Crippen LogP contribution in [0.2, 0.25) is 10.3 Å². The molecule has 0 spiro atoms. The normalized spacial score (nSPS) is 12.2. The van der Waals surface area contributed by atoms with Crippen molar-refractivity contribution in [1.82, 2.24) is 15.2 Å². The molecule has 0 aliphatic heterocycles. The molecular weight excluding hydrogens is 259 g/mol. The molecule has 1 unspecified atom stereocenters. The summed E-state index contributed by atoms with van der Waals surface area (Å²) < 4.78 is 0. The number of halogens is 2. The highest BCUT2D eigenvalue weighted by atomic mass is 35.5. The summed E-state index contributed by atoms with van der Waals surface area (Å²) in [6.45, 7) is 2.01. The minimum absolute atomic E-state index is 0.0794. The average Bonchev–Trinajstić information content (AvgIpc) is 2.35. The van der Waals surface area contributed by atoms with E-state index in [2.05, 4.69) is 20.5 Å². The van der Waals surface area contributed by atoms with E-state index < -0.39 is 0 Å². The van der Waals surface area contributed by atoms with Gasteiger partial charge in [0.15, 0.2) is 10.3 Å². The highest BCUT2D eigenvalue weighted by Crippen LogP contribution is 2.25. The van der Waals surface area contributed by atoms with E-state index in [1.54, 1.807) is 18.5 Å². The Kier molecular flexibility index (Phi) is 3.76. The monoisotopic (exact) mass is 268 g/mol. The maximum Gasteiger partial charge on any atom is 0.174 e. The first-order valence-electron chi connectivity index (χ1n) is 5.02. The number of aromatic nitrogens is 3. The summed E-state index contributed by atoms with van der Waals surface area (Å²) in [5.41, 5.74) is 1.76. The fourth-order valence-electron chi connectivity index (χ4n) is 1.42. The van der Waals surface area contributed by atoms with E-state index in [0.717, 1.165) is 5.56 Å². The van der Waals surface area contributed by atoms with Gasteiger partial charge in [0.25, 0.3) is 0 Å². The standard InChI is InChI=1S/C11H10Cl2N4/c1-7(8-2-4-14-5-3-8)15-9-6-10(12)16-17-11(9)13/h2-7H,1H3,(H,15,16). The van der Waals surface area contributed by atoms with Crippen LogP contribution in [-0.4, -0.2) is 15.2 Å². The molecule has 1 atom stereocenters. The van der Waals surface area contributed by atoms with Gasteiger partial charge in [0.05, 0.1) is 5.69 Å². The van der Waals surface area contributed by atoms with Crippen LogP contribution < -0.4 is 5.32 Å². The fraction of sp³-hybridized carbons (Fsp3) is 0.182. The number of nitrogens with zero attached hydrogens (tertiary/aromatic N) is 3. The molecule has 2 aromatic heterocycles. The number of nitrogens with one attached hydrogen (secondary N) is 1.